The minimum absolute atomic E-state index is 0.594. The molecule has 1 aromatic heterocycles. The highest BCUT2D eigenvalue weighted by molar-refractivity contribution is 6.35. The van der Waals surface area contributed by atoms with Gasteiger partial charge < -0.3 is 5.32 Å². The van der Waals surface area contributed by atoms with Gasteiger partial charge in [0.15, 0.2) is 0 Å². The van der Waals surface area contributed by atoms with E-state index >= 15 is 0 Å². The average molecular weight is 334 g/mol. The van der Waals surface area contributed by atoms with E-state index in [0.717, 1.165) is 17.7 Å². The van der Waals surface area contributed by atoms with Crippen LogP contribution in [0.3, 0.4) is 0 Å². The fourth-order valence-corrected chi connectivity index (χ4v) is 2.58. The molecule has 0 fully saturated rings. The van der Waals surface area contributed by atoms with E-state index in [1.54, 1.807) is 10.7 Å². The molecule has 0 amide bonds. The number of anilines is 1. The van der Waals surface area contributed by atoms with Gasteiger partial charge in [-0.25, -0.2) is 0 Å². The van der Waals surface area contributed by atoms with Gasteiger partial charge in [-0.2, -0.15) is 4.68 Å². The highest BCUT2D eigenvalue weighted by atomic mass is 35.5. The highest BCUT2D eigenvalue weighted by Crippen LogP contribution is 2.21. The zero-order valence-corrected chi connectivity index (χ0v) is 13.1. The Balaban J connectivity index is 1.67. The van der Waals surface area contributed by atoms with Crippen LogP contribution >= 0.6 is 23.2 Å². The molecule has 2 aromatic carbocycles. The van der Waals surface area contributed by atoms with Gasteiger partial charge in [-0.1, -0.05) is 52.6 Å². The van der Waals surface area contributed by atoms with Crippen molar-refractivity contribution in [2.75, 3.05) is 11.9 Å². The molecule has 0 radical (unpaired) electrons. The summed E-state index contributed by atoms with van der Waals surface area (Å²) >= 11 is 12.1. The summed E-state index contributed by atoms with van der Waals surface area (Å²) in [7, 11) is 0. The minimum Gasteiger partial charge on any atom is -0.352 e. The van der Waals surface area contributed by atoms with Crippen LogP contribution in [-0.2, 0) is 6.42 Å². The summed E-state index contributed by atoms with van der Waals surface area (Å²) in [4.78, 5) is 0. The lowest BCUT2D eigenvalue weighted by atomic mass is 10.1. The second-order valence-corrected chi connectivity index (χ2v) is 5.51. The largest absolute Gasteiger partial charge is 0.352 e. The Labute approximate surface area is 137 Å². The van der Waals surface area contributed by atoms with Crippen molar-refractivity contribution in [2.45, 2.75) is 6.42 Å². The Kier molecular flexibility index (Phi) is 4.56. The van der Waals surface area contributed by atoms with Crippen LogP contribution in [0.25, 0.3) is 5.69 Å². The fourth-order valence-electron chi connectivity index (χ4n) is 2.07. The van der Waals surface area contributed by atoms with E-state index in [0.29, 0.717) is 22.5 Å². The van der Waals surface area contributed by atoms with Crippen LogP contribution in [-0.4, -0.2) is 26.8 Å². The van der Waals surface area contributed by atoms with Crippen LogP contribution in [0.1, 0.15) is 5.56 Å². The van der Waals surface area contributed by atoms with Crippen LogP contribution in [0.5, 0.6) is 0 Å². The predicted molar refractivity (Wildman–Crippen MR) is 87.8 cm³/mol. The fraction of sp³-hybridized carbons (Fsp3) is 0.133. The number of hydrogen-bond acceptors (Lipinski definition) is 4. The normalized spacial score (nSPS) is 10.6. The van der Waals surface area contributed by atoms with Crippen molar-refractivity contribution in [3.63, 3.8) is 0 Å². The van der Waals surface area contributed by atoms with Crippen LogP contribution in [0.4, 0.5) is 5.95 Å². The molecular weight excluding hydrogens is 321 g/mol. The summed E-state index contributed by atoms with van der Waals surface area (Å²) in [5.41, 5.74) is 1.93. The van der Waals surface area contributed by atoms with E-state index in [4.69, 9.17) is 23.2 Å². The van der Waals surface area contributed by atoms with Crippen molar-refractivity contribution in [1.29, 1.82) is 0 Å². The first-order valence-electron chi connectivity index (χ1n) is 6.75. The lowest BCUT2D eigenvalue weighted by Gasteiger charge is -2.08. The molecule has 0 atom stereocenters. The summed E-state index contributed by atoms with van der Waals surface area (Å²) in [6.07, 6.45) is 0.748. The Morgan fingerprint density at radius 3 is 2.64 bits per heavy atom. The third-order valence-corrected chi connectivity index (χ3v) is 3.75. The third-order valence-electron chi connectivity index (χ3n) is 3.16. The average Bonchev–Trinajstić information content (AvgIpc) is 2.99. The van der Waals surface area contributed by atoms with Gasteiger partial charge >= 0.3 is 0 Å². The number of rotatable bonds is 5. The molecule has 0 saturated heterocycles. The molecule has 112 valence electrons. The quantitative estimate of drug-likeness (QED) is 0.774. The van der Waals surface area contributed by atoms with E-state index in [-0.39, 0.29) is 0 Å². The molecule has 0 saturated carbocycles. The van der Waals surface area contributed by atoms with E-state index in [9.17, 15) is 0 Å². The Bertz CT molecular complexity index is 758. The molecule has 0 aliphatic rings. The number of benzene rings is 2. The molecule has 0 bridgehead atoms. The Hall–Kier alpha value is -2.11. The van der Waals surface area contributed by atoms with Gasteiger partial charge in [0.2, 0.25) is 5.95 Å². The van der Waals surface area contributed by atoms with Gasteiger partial charge in [-0.05, 0) is 46.7 Å². The number of nitrogens with zero attached hydrogens (tertiary/aromatic N) is 4. The van der Waals surface area contributed by atoms with Gasteiger partial charge in [0.25, 0.3) is 0 Å². The van der Waals surface area contributed by atoms with Gasteiger partial charge in [0.1, 0.15) is 0 Å². The minimum atomic E-state index is 0.594. The lowest BCUT2D eigenvalue weighted by molar-refractivity contribution is 0.789. The van der Waals surface area contributed by atoms with E-state index < -0.39 is 0 Å². The SMILES string of the molecule is Clc1ccc(CCNc2nnnn2-c2ccccc2)c(Cl)c1. The molecule has 7 heteroatoms. The zero-order valence-electron chi connectivity index (χ0n) is 11.6. The summed E-state index contributed by atoms with van der Waals surface area (Å²) < 4.78 is 1.66. The van der Waals surface area contributed by atoms with Crippen LogP contribution in [0.15, 0.2) is 48.5 Å². The molecule has 3 rings (SSSR count). The summed E-state index contributed by atoms with van der Waals surface area (Å²) in [5.74, 6) is 0.594. The number of para-hydroxylation sites is 1. The smallest absolute Gasteiger partial charge is 0.247 e. The molecular formula is C15H13Cl2N5. The molecule has 1 N–H and O–H groups in total. The number of nitrogens with one attached hydrogen (secondary N) is 1. The number of tetrazole rings is 1. The second kappa shape index (κ2) is 6.77. The zero-order chi connectivity index (χ0) is 15.4. The third kappa shape index (κ3) is 3.37. The van der Waals surface area contributed by atoms with E-state index in [1.165, 1.54) is 0 Å². The Morgan fingerprint density at radius 2 is 1.86 bits per heavy atom. The van der Waals surface area contributed by atoms with Crippen LogP contribution in [0.2, 0.25) is 10.0 Å². The van der Waals surface area contributed by atoms with Gasteiger partial charge in [-0.15, -0.1) is 0 Å². The van der Waals surface area contributed by atoms with Crippen LogP contribution < -0.4 is 5.32 Å². The van der Waals surface area contributed by atoms with Crippen molar-refractivity contribution in [3.8, 4) is 5.69 Å². The first-order chi connectivity index (χ1) is 10.7. The molecule has 1 heterocycles. The van der Waals surface area contributed by atoms with Crippen LogP contribution in [0, 0.1) is 0 Å². The standard InChI is InChI=1S/C15H13Cl2N5/c16-12-7-6-11(14(17)10-12)8-9-18-15-19-20-21-22(15)13-4-2-1-3-5-13/h1-7,10H,8-9H2,(H,18,19,21). The first-order valence-corrected chi connectivity index (χ1v) is 7.51. The van der Waals surface area contributed by atoms with Gasteiger partial charge in [0, 0.05) is 16.6 Å². The maximum atomic E-state index is 6.16. The Morgan fingerprint density at radius 1 is 1.05 bits per heavy atom. The molecule has 0 unspecified atom stereocenters. The molecule has 0 aliphatic carbocycles. The van der Waals surface area contributed by atoms with Gasteiger partial charge in [-0.3, -0.25) is 0 Å². The maximum absolute atomic E-state index is 6.16. The molecule has 22 heavy (non-hydrogen) atoms. The number of aromatic nitrogens is 4. The highest BCUT2D eigenvalue weighted by Gasteiger charge is 2.07. The van der Waals surface area contributed by atoms with Crippen molar-refractivity contribution >= 4 is 29.2 Å². The van der Waals surface area contributed by atoms with Crippen molar-refractivity contribution in [2.24, 2.45) is 0 Å². The predicted octanol–water partition coefficient (Wildman–Crippen LogP) is 3.62. The van der Waals surface area contributed by atoms with Crippen molar-refractivity contribution < 1.29 is 0 Å². The summed E-state index contributed by atoms with van der Waals surface area (Å²) in [6.45, 7) is 0.661. The molecule has 3 aromatic rings. The first kappa shape index (κ1) is 14.8. The molecule has 5 nitrogen and oxygen atoms in total. The second-order valence-electron chi connectivity index (χ2n) is 4.66. The lowest BCUT2D eigenvalue weighted by Crippen LogP contribution is -2.10. The van der Waals surface area contributed by atoms with E-state index in [1.807, 2.05) is 42.5 Å². The summed E-state index contributed by atoms with van der Waals surface area (Å²) in [5, 5.41) is 16.2. The molecule has 0 spiro atoms. The van der Waals surface area contributed by atoms with Gasteiger partial charge in [0.05, 0.1) is 5.69 Å². The topological polar surface area (TPSA) is 55.6 Å². The monoisotopic (exact) mass is 333 g/mol. The maximum Gasteiger partial charge on any atom is 0.247 e. The number of hydrogen-bond donors (Lipinski definition) is 1. The number of halogens is 2. The summed E-state index contributed by atoms with van der Waals surface area (Å²) in [6, 6.07) is 15.2. The van der Waals surface area contributed by atoms with Crippen molar-refractivity contribution in [1.82, 2.24) is 20.2 Å². The molecule has 0 aliphatic heterocycles. The van der Waals surface area contributed by atoms with E-state index in [2.05, 4.69) is 20.8 Å². The van der Waals surface area contributed by atoms with Crippen molar-refractivity contribution in [3.05, 3.63) is 64.1 Å².